The molecule has 1 spiro atoms. The number of aliphatic hydroxyl groups excluding tert-OH is 1. The van der Waals surface area contributed by atoms with E-state index >= 15 is 0 Å². The number of hydrogen-bond acceptors (Lipinski definition) is 5. The van der Waals surface area contributed by atoms with Crippen molar-refractivity contribution in [3.8, 4) is 5.75 Å². The molecular weight excluding hydrogens is 346 g/mol. The fourth-order valence-electron chi connectivity index (χ4n) is 3.77. The molecule has 3 rings (SSSR count). The van der Waals surface area contributed by atoms with Crippen LogP contribution in [-0.4, -0.2) is 71.8 Å². The van der Waals surface area contributed by atoms with Crippen LogP contribution in [0, 0.1) is 20.8 Å². The van der Waals surface area contributed by atoms with Gasteiger partial charge in [-0.05, 0) is 57.4 Å². The summed E-state index contributed by atoms with van der Waals surface area (Å²) < 4.78 is 5.82. The Bertz CT molecular complexity index is 741. The van der Waals surface area contributed by atoms with Crippen LogP contribution in [0.15, 0.2) is 12.1 Å². The highest BCUT2D eigenvalue weighted by atomic mass is 16.5. The van der Waals surface area contributed by atoms with Crippen molar-refractivity contribution in [3.05, 3.63) is 28.8 Å². The van der Waals surface area contributed by atoms with E-state index in [0.717, 1.165) is 40.4 Å². The van der Waals surface area contributed by atoms with Gasteiger partial charge in [-0.2, -0.15) is 0 Å². The third-order valence-electron chi connectivity index (χ3n) is 5.77. The van der Waals surface area contributed by atoms with E-state index < -0.39 is 17.7 Å². The molecule has 2 aliphatic heterocycles. The SMILES string of the molecule is Cc1ccc(C)c(OC[C@@H](O)CN2C(=O)NC3(CCN(C)CC3)C2=O)c1C. The number of β-amino-alcohol motifs (C(OH)–C–C–N with tert-alkyl or cyclic N) is 1. The Hall–Kier alpha value is -2.12. The minimum Gasteiger partial charge on any atom is -0.490 e. The average molecular weight is 375 g/mol. The number of aliphatic hydroxyl groups is 1. The molecule has 2 N–H and O–H groups in total. The Labute approximate surface area is 160 Å². The number of urea groups is 1. The molecule has 0 aliphatic carbocycles. The maximum absolute atomic E-state index is 12.8. The van der Waals surface area contributed by atoms with E-state index in [9.17, 15) is 14.7 Å². The molecular formula is C20H29N3O4. The first-order valence-electron chi connectivity index (χ1n) is 9.44. The molecule has 0 unspecified atom stereocenters. The summed E-state index contributed by atoms with van der Waals surface area (Å²) in [4.78, 5) is 28.4. The number of rotatable bonds is 5. The number of imide groups is 1. The lowest BCUT2D eigenvalue weighted by atomic mass is 9.87. The highest BCUT2D eigenvalue weighted by Crippen LogP contribution is 2.29. The molecule has 27 heavy (non-hydrogen) atoms. The van der Waals surface area contributed by atoms with E-state index in [0.29, 0.717) is 12.8 Å². The number of hydrogen-bond donors (Lipinski definition) is 2. The second kappa shape index (κ2) is 7.48. The Morgan fingerprint density at radius 2 is 1.81 bits per heavy atom. The monoisotopic (exact) mass is 375 g/mol. The van der Waals surface area contributed by atoms with Gasteiger partial charge in [0.2, 0.25) is 0 Å². The van der Waals surface area contributed by atoms with E-state index in [4.69, 9.17) is 4.74 Å². The Morgan fingerprint density at radius 3 is 2.48 bits per heavy atom. The zero-order chi connectivity index (χ0) is 19.8. The average Bonchev–Trinajstić information content (AvgIpc) is 2.85. The molecule has 1 atom stereocenters. The number of piperidine rings is 1. The second-order valence-corrected chi connectivity index (χ2v) is 7.85. The summed E-state index contributed by atoms with van der Waals surface area (Å²) >= 11 is 0. The number of carbonyl (C=O) groups is 2. The summed E-state index contributed by atoms with van der Waals surface area (Å²) in [5, 5.41) is 13.2. The Kier molecular flexibility index (Phi) is 5.44. The van der Waals surface area contributed by atoms with Crippen LogP contribution < -0.4 is 10.1 Å². The van der Waals surface area contributed by atoms with Crippen molar-refractivity contribution in [3.63, 3.8) is 0 Å². The molecule has 7 heteroatoms. The summed E-state index contributed by atoms with van der Waals surface area (Å²) in [6, 6.07) is 3.58. The van der Waals surface area contributed by atoms with Gasteiger partial charge >= 0.3 is 6.03 Å². The van der Waals surface area contributed by atoms with Gasteiger partial charge in [-0.1, -0.05) is 12.1 Å². The predicted octanol–water partition coefficient (Wildman–Crippen LogP) is 1.37. The van der Waals surface area contributed by atoms with Gasteiger partial charge in [-0.25, -0.2) is 4.79 Å². The molecule has 0 bridgehead atoms. The number of nitrogens with one attached hydrogen (secondary N) is 1. The zero-order valence-corrected chi connectivity index (χ0v) is 16.5. The molecule has 0 aromatic heterocycles. The fraction of sp³-hybridized carbons (Fsp3) is 0.600. The van der Waals surface area contributed by atoms with Crippen molar-refractivity contribution in [2.45, 2.75) is 45.3 Å². The first-order valence-corrected chi connectivity index (χ1v) is 9.44. The van der Waals surface area contributed by atoms with E-state index in [1.807, 2.05) is 40.0 Å². The van der Waals surface area contributed by atoms with Gasteiger partial charge in [0, 0.05) is 13.1 Å². The third-order valence-corrected chi connectivity index (χ3v) is 5.77. The van der Waals surface area contributed by atoms with Crippen molar-refractivity contribution in [1.29, 1.82) is 0 Å². The number of amides is 3. The standard InChI is InChI=1S/C20H29N3O4/c1-13-5-6-14(2)17(15(13)3)27-12-16(24)11-23-18(25)20(21-19(23)26)7-9-22(4)10-8-20/h5-6,16,24H,7-12H2,1-4H3,(H,21,26)/t16-/m0/s1. The van der Waals surface area contributed by atoms with Gasteiger partial charge < -0.3 is 20.1 Å². The van der Waals surface area contributed by atoms with Crippen molar-refractivity contribution < 1.29 is 19.4 Å². The summed E-state index contributed by atoms with van der Waals surface area (Å²) in [7, 11) is 2.00. The van der Waals surface area contributed by atoms with Crippen LogP contribution in [0.3, 0.4) is 0 Å². The van der Waals surface area contributed by atoms with Crippen LogP contribution in [-0.2, 0) is 4.79 Å². The minimum atomic E-state index is -0.944. The Balaban J connectivity index is 1.61. The number of aryl methyl sites for hydroxylation is 2. The van der Waals surface area contributed by atoms with E-state index in [1.54, 1.807) is 0 Å². The highest BCUT2D eigenvalue weighted by molar-refractivity contribution is 6.07. The highest BCUT2D eigenvalue weighted by Gasteiger charge is 2.52. The molecule has 2 fully saturated rings. The van der Waals surface area contributed by atoms with Crippen molar-refractivity contribution >= 4 is 11.9 Å². The van der Waals surface area contributed by atoms with E-state index in [2.05, 4.69) is 10.2 Å². The van der Waals surface area contributed by atoms with Gasteiger partial charge in [0.1, 0.15) is 24.0 Å². The molecule has 0 saturated carbocycles. The summed E-state index contributed by atoms with van der Waals surface area (Å²) in [6.45, 7) is 7.42. The normalized spacial score (nSPS) is 20.9. The number of nitrogens with zero attached hydrogens (tertiary/aromatic N) is 2. The molecule has 0 radical (unpaired) electrons. The molecule has 7 nitrogen and oxygen atoms in total. The van der Waals surface area contributed by atoms with Crippen LogP contribution >= 0.6 is 0 Å². The van der Waals surface area contributed by atoms with Crippen LogP contribution in [0.25, 0.3) is 0 Å². The lowest BCUT2D eigenvalue weighted by Crippen LogP contribution is -2.54. The molecule has 2 saturated heterocycles. The lowest BCUT2D eigenvalue weighted by Gasteiger charge is -2.35. The topological polar surface area (TPSA) is 82.1 Å². The summed E-state index contributed by atoms with van der Waals surface area (Å²) in [5.74, 6) is 0.514. The van der Waals surface area contributed by atoms with E-state index in [-0.39, 0.29) is 19.1 Å². The maximum atomic E-state index is 12.8. The second-order valence-electron chi connectivity index (χ2n) is 7.85. The minimum absolute atomic E-state index is 0.0257. The van der Waals surface area contributed by atoms with Gasteiger partial charge in [-0.3, -0.25) is 9.69 Å². The zero-order valence-electron chi connectivity index (χ0n) is 16.5. The molecule has 148 valence electrons. The maximum Gasteiger partial charge on any atom is 0.325 e. The van der Waals surface area contributed by atoms with Crippen molar-refractivity contribution in [2.75, 3.05) is 33.3 Å². The molecule has 2 heterocycles. The quantitative estimate of drug-likeness (QED) is 0.760. The first kappa shape index (κ1) is 19.6. The molecule has 1 aromatic rings. The van der Waals surface area contributed by atoms with Crippen LogP contribution in [0.5, 0.6) is 5.75 Å². The molecule has 2 aliphatic rings. The number of likely N-dealkylation sites (tertiary alicyclic amines) is 1. The van der Waals surface area contributed by atoms with Crippen molar-refractivity contribution in [2.24, 2.45) is 0 Å². The fourth-order valence-corrected chi connectivity index (χ4v) is 3.77. The molecule has 3 amide bonds. The number of benzene rings is 1. The van der Waals surface area contributed by atoms with E-state index in [1.165, 1.54) is 0 Å². The third kappa shape index (κ3) is 3.80. The van der Waals surface area contributed by atoms with Crippen LogP contribution in [0.1, 0.15) is 29.5 Å². The summed E-state index contributed by atoms with van der Waals surface area (Å²) in [6.07, 6.45) is 0.248. The van der Waals surface area contributed by atoms with Crippen LogP contribution in [0.2, 0.25) is 0 Å². The van der Waals surface area contributed by atoms with Gasteiger partial charge in [0.25, 0.3) is 5.91 Å². The smallest absolute Gasteiger partial charge is 0.325 e. The van der Waals surface area contributed by atoms with Gasteiger partial charge in [0.15, 0.2) is 0 Å². The predicted molar refractivity (Wildman–Crippen MR) is 102 cm³/mol. The largest absolute Gasteiger partial charge is 0.490 e. The summed E-state index contributed by atoms with van der Waals surface area (Å²) in [5.41, 5.74) is 2.32. The lowest BCUT2D eigenvalue weighted by molar-refractivity contribution is -0.134. The first-order chi connectivity index (χ1) is 12.7. The van der Waals surface area contributed by atoms with Crippen molar-refractivity contribution in [1.82, 2.24) is 15.1 Å². The molecule has 1 aromatic carbocycles. The number of carbonyl (C=O) groups excluding carboxylic acids is 2. The number of ether oxygens (including phenoxy) is 1. The van der Waals surface area contributed by atoms with Crippen LogP contribution in [0.4, 0.5) is 4.79 Å². The van der Waals surface area contributed by atoms with Gasteiger partial charge in [0.05, 0.1) is 6.54 Å². The Morgan fingerprint density at radius 1 is 1.19 bits per heavy atom. The van der Waals surface area contributed by atoms with Gasteiger partial charge in [-0.15, -0.1) is 0 Å².